The number of pyridine rings is 2. The number of carbonyl (C=O) groups is 2. The predicted octanol–water partition coefficient (Wildman–Crippen LogP) is 4.44. The van der Waals surface area contributed by atoms with Crippen LogP contribution in [0.3, 0.4) is 0 Å². The summed E-state index contributed by atoms with van der Waals surface area (Å²) in [6.07, 6.45) is 7.18. The van der Waals surface area contributed by atoms with E-state index < -0.39 is 34.8 Å². The van der Waals surface area contributed by atoms with Crippen LogP contribution in [-0.2, 0) is 33.4 Å². The highest BCUT2D eigenvalue weighted by Gasteiger charge is 2.57. The zero-order valence-electron chi connectivity index (χ0n) is 24.4. The zero-order valence-corrected chi connectivity index (χ0v) is 24.4. The first kappa shape index (κ1) is 28.5. The maximum Gasteiger partial charge on any atom is 0.244 e. The average molecular weight is 600 g/mol. The van der Waals surface area contributed by atoms with Gasteiger partial charge in [0.15, 0.2) is 0 Å². The molecule has 1 saturated carbocycles. The molecular formula is C34H32F3N5O2. The molecule has 4 heterocycles. The van der Waals surface area contributed by atoms with Gasteiger partial charge >= 0.3 is 0 Å². The molecule has 2 aliphatic carbocycles. The van der Waals surface area contributed by atoms with Crippen molar-refractivity contribution in [1.29, 1.82) is 0 Å². The Kier molecular flexibility index (Phi) is 6.77. The van der Waals surface area contributed by atoms with Crippen LogP contribution >= 0.6 is 0 Å². The quantitative estimate of drug-likeness (QED) is 0.449. The summed E-state index contributed by atoms with van der Waals surface area (Å²) in [6, 6.07) is 8.97. The fourth-order valence-electron chi connectivity index (χ4n) is 7.87. The molecule has 7 rings (SSSR count). The lowest BCUT2D eigenvalue weighted by molar-refractivity contribution is -0.164. The maximum absolute atomic E-state index is 14.4. The summed E-state index contributed by atoms with van der Waals surface area (Å²) in [4.78, 5) is 39.8. The third kappa shape index (κ3) is 4.32. The van der Waals surface area contributed by atoms with E-state index in [0.29, 0.717) is 42.6 Å². The first-order chi connectivity index (χ1) is 21.2. The molecule has 0 bridgehead atoms. The number of anilines is 1. The first-order valence-corrected chi connectivity index (χ1v) is 15.0. The number of carbonyl (C=O) groups excluding carboxylic acids is 2. The van der Waals surface area contributed by atoms with E-state index in [9.17, 15) is 22.8 Å². The summed E-state index contributed by atoms with van der Waals surface area (Å²) in [7, 11) is 0. The molecule has 2 spiro atoms. The minimum Gasteiger partial charge on any atom is -0.319 e. The van der Waals surface area contributed by atoms with E-state index in [-0.39, 0.29) is 31.4 Å². The van der Waals surface area contributed by atoms with Crippen LogP contribution in [0.2, 0.25) is 0 Å². The summed E-state index contributed by atoms with van der Waals surface area (Å²) in [5.74, 6) is 5.10. The van der Waals surface area contributed by atoms with Crippen LogP contribution in [-0.4, -0.2) is 63.4 Å². The molecule has 4 aliphatic rings. The summed E-state index contributed by atoms with van der Waals surface area (Å²) in [6.45, 7) is 1.46. The Hall–Kier alpha value is -4.23. The lowest BCUT2D eigenvalue weighted by Gasteiger charge is -2.56. The summed E-state index contributed by atoms with van der Waals surface area (Å²) in [5.41, 5.74) is 0.853. The Morgan fingerprint density at radius 2 is 1.82 bits per heavy atom. The van der Waals surface area contributed by atoms with E-state index in [0.717, 1.165) is 35.7 Å². The van der Waals surface area contributed by atoms with Crippen LogP contribution in [0.1, 0.15) is 60.6 Å². The molecule has 2 fully saturated rings. The minimum atomic E-state index is -1.14. The van der Waals surface area contributed by atoms with Crippen molar-refractivity contribution >= 4 is 17.6 Å². The normalized spacial score (nSPS) is 25.2. The fraction of sp³-hybridized carbons (Fsp3) is 0.412. The molecular weight excluding hydrogens is 567 g/mol. The number of benzene rings is 1. The molecule has 2 aliphatic heterocycles. The largest absolute Gasteiger partial charge is 0.319 e. The molecule has 3 aromatic rings. The Labute approximate surface area is 253 Å². The molecule has 44 heavy (non-hydrogen) atoms. The topological polar surface area (TPSA) is 78.4 Å². The minimum absolute atomic E-state index is 0.0150. The van der Waals surface area contributed by atoms with Crippen LogP contribution in [0.15, 0.2) is 48.8 Å². The third-order valence-electron chi connectivity index (χ3n) is 10.1. The molecule has 0 unspecified atom stereocenters. The van der Waals surface area contributed by atoms with Crippen molar-refractivity contribution in [3.05, 3.63) is 88.4 Å². The second-order valence-electron chi connectivity index (χ2n) is 12.6. The van der Waals surface area contributed by atoms with Gasteiger partial charge in [-0.1, -0.05) is 30.7 Å². The smallest absolute Gasteiger partial charge is 0.244 e. The van der Waals surface area contributed by atoms with Crippen LogP contribution in [0.25, 0.3) is 0 Å². The van der Waals surface area contributed by atoms with Gasteiger partial charge in [-0.3, -0.25) is 19.5 Å². The van der Waals surface area contributed by atoms with E-state index in [2.05, 4.69) is 27.1 Å². The lowest BCUT2D eigenvalue weighted by Crippen LogP contribution is -2.71. The summed E-state index contributed by atoms with van der Waals surface area (Å²) in [5, 5.41) is 2.90. The van der Waals surface area contributed by atoms with Gasteiger partial charge < -0.3 is 10.2 Å². The van der Waals surface area contributed by atoms with E-state index >= 15 is 0 Å². The van der Waals surface area contributed by atoms with Crippen LogP contribution in [0.4, 0.5) is 19.0 Å². The van der Waals surface area contributed by atoms with E-state index in [4.69, 9.17) is 0 Å². The number of piperazine rings is 1. The second kappa shape index (κ2) is 10.4. The number of amides is 2. The Balaban J connectivity index is 1.20. The van der Waals surface area contributed by atoms with Gasteiger partial charge in [0.25, 0.3) is 0 Å². The molecule has 1 N–H and O–H groups in total. The molecule has 226 valence electrons. The van der Waals surface area contributed by atoms with E-state index in [1.165, 1.54) is 12.1 Å². The molecule has 2 atom stereocenters. The van der Waals surface area contributed by atoms with Gasteiger partial charge in [-0.25, -0.2) is 18.2 Å². The number of aromatic nitrogens is 2. The molecule has 0 radical (unpaired) electrons. The lowest BCUT2D eigenvalue weighted by atomic mass is 9.79. The van der Waals surface area contributed by atoms with Gasteiger partial charge in [0, 0.05) is 54.8 Å². The van der Waals surface area contributed by atoms with Gasteiger partial charge in [-0.05, 0) is 61.6 Å². The zero-order chi connectivity index (χ0) is 30.7. The predicted molar refractivity (Wildman–Crippen MR) is 157 cm³/mol. The highest BCUT2D eigenvalue weighted by Crippen LogP contribution is 2.47. The van der Waals surface area contributed by atoms with Gasteiger partial charge in [0.1, 0.15) is 29.7 Å². The standard InChI is InChI=1S/C34H32F3N5O2/c1-32(24-15-25(36)17-26(37)16-24)21-41(13-10-35)34(8-2-3-9-34)31(44)42(32)12-5-6-22-14-23-18-33(19-28(23)39-20-22)27-7-4-11-38-29(27)40-30(33)43/h4,7,11,14-17,20H,2-3,8-10,12-13,18-19,21H2,1H3,(H,38,40,43)/t32-,33-/m0/s1. The first-order valence-electron chi connectivity index (χ1n) is 15.0. The average Bonchev–Trinajstić information content (AvgIpc) is 3.70. The number of nitrogens with one attached hydrogen (secondary N) is 1. The number of alkyl halides is 1. The Morgan fingerprint density at radius 3 is 2.57 bits per heavy atom. The monoisotopic (exact) mass is 599 g/mol. The molecule has 1 aromatic carbocycles. The summed E-state index contributed by atoms with van der Waals surface area (Å²) < 4.78 is 42.6. The second-order valence-corrected chi connectivity index (χ2v) is 12.6. The van der Waals surface area contributed by atoms with Crippen molar-refractivity contribution in [2.75, 3.05) is 31.6 Å². The van der Waals surface area contributed by atoms with Crippen molar-refractivity contribution in [3.63, 3.8) is 0 Å². The van der Waals surface area contributed by atoms with Gasteiger partial charge in [-0.15, -0.1) is 0 Å². The van der Waals surface area contributed by atoms with Gasteiger partial charge in [0.2, 0.25) is 11.8 Å². The Bertz CT molecular complexity index is 1730. The number of halogens is 3. The van der Waals surface area contributed by atoms with Gasteiger partial charge in [-0.2, -0.15) is 0 Å². The molecule has 2 amide bonds. The van der Waals surface area contributed by atoms with E-state index in [1.807, 2.05) is 23.1 Å². The van der Waals surface area contributed by atoms with Crippen molar-refractivity contribution in [3.8, 4) is 11.8 Å². The highest BCUT2D eigenvalue weighted by molar-refractivity contribution is 6.06. The summed E-state index contributed by atoms with van der Waals surface area (Å²) >= 11 is 0. The molecule has 1 saturated heterocycles. The number of rotatable bonds is 4. The van der Waals surface area contributed by atoms with Crippen molar-refractivity contribution in [2.24, 2.45) is 0 Å². The molecule has 2 aromatic heterocycles. The van der Waals surface area contributed by atoms with Gasteiger partial charge in [0.05, 0.1) is 17.5 Å². The van der Waals surface area contributed by atoms with Crippen LogP contribution in [0.5, 0.6) is 0 Å². The fourth-order valence-corrected chi connectivity index (χ4v) is 7.87. The van der Waals surface area contributed by atoms with Crippen molar-refractivity contribution in [2.45, 2.75) is 61.9 Å². The highest BCUT2D eigenvalue weighted by atomic mass is 19.1. The SMILES string of the molecule is C[C@@]1(c2cc(F)cc(F)c2)CN(CCF)C2(CCCC2)C(=O)N1CC#Cc1cnc2c(c1)C[C@@]1(C2)C(=O)Nc2ncccc21. The number of nitrogens with zero attached hydrogens (tertiary/aromatic N) is 4. The van der Waals surface area contributed by atoms with Crippen molar-refractivity contribution in [1.82, 2.24) is 19.8 Å². The van der Waals surface area contributed by atoms with Crippen molar-refractivity contribution < 1.29 is 22.8 Å². The molecule has 10 heteroatoms. The van der Waals surface area contributed by atoms with E-state index in [1.54, 1.807) is 24.2 Å². The van der Waals surface area contributed by atoms with Crippen LogP contribution in [0, 0.1) is 23.5 Å². The number of hydrogen-bond acceptors (Lipinski definition) is 5. The third-order valence-corrected chi connectivity index (χ3v) is 10.1. The number of hydrogen-bond donors (Lipinski definition) is 1. The Morgan fingerprint density at radius 1 is 1.05 bits per heavy atom. The van der Waals surface area contributed by atoms with Crippen LogP contribution < -0.4 is 5.32 Å². The number of fused-ring (bicyclic) bond motifs is 3. The molecule has 7 nitrogen and oxygen atoms in total. The maximum atomic E-state index is 14.4.